The highest BCUT2D eigenvalue weighted by Gasteiger charge is 2.16. The Morgan fingerprint density at radius 1 is 1.22 bits per heavy atom. The van der Waals surface area contributed by atoms with Crippen LogP contribution in [0.2, 0.25) is 0 Å². The second kappa shape index (κ2) is 7.23. The summed E-state index contributed by atoms with van der Waals surface area (Å²) in [7, 11) is -3.30. The molecule has 0 aliphatic heterocycles. The fraction of sp³-hybridized carbons (Fsp3) is 0.500. The van der Waals surface area contributed by atoms with Crippen LogP contribution in [0.4, 0.5) is 5.82 Å². The third-order valence-electron chi connectivity index (χ3n) is 4.11. The molecule has 7 heteroatoms. The van der Waals surface area contributed by atoms with Gasteiger partial charge in [0.05, 0.1) is 16.5 Å². The molecule has 1 aromatic carbocycles. The monoisotopic (exact) mass is 337 g/mol. The van der Waals surface area contributed by atoms with Crippen molar-refractivity contribution in [3.05, 3.63) is 24.5 Å². The number of hydrogen-bond donors (Lipinski definition) is 2. The number of aromatic nitrogens is 2. The maximum absolute atomic E-state index is 11.7. The standard InChI is InChI=1S/C16H23N3O3S/c1-4-11(5-2)15(20)9-17-16-13-8-12(23(3,21)22)6-7-14(13)18-10-19-16/h6-8,10-11,15,20H,4-5,9H2,1-3H3,(H,17,18,19)/t15-/m0/s1. The predicted octanol–water partition coefficient (Wildman–Crippen LogP) is 2.24. The molecule has 6 nitrogen and oxygen atoms in total. The van der Waals surface area contributed by atoms with E-state index in [1.54, 1.807) is 12.1 Å². The van der Waals surface area contributed by atoms with Gasteiger partial charge in [0.1, 0.15) is 12.1 Å². The van der Waals surface area contributed by atoms with Crippen LogP contribution < -0.4 is 5.32 Å². The molecule has 126 valence electrons. The summed E-state index contributed by atoms with van der Waals surface area (Å²) in [6.45, 7) is 4.47. The van der Waals surface area contributed by atoms with Crippen LogP contribution in [-0.4, -0.2) is 42.4 Å². The molecule has 2 N–H and O–H groups in total. The number of hydrogen-bond acceptors (Lipinski definition) is 6. The zero-order valence-corrected chi connectivity index (χ0v) is 14.5. The Balaban J connectivity index is 2.30. The van der Waals surface area contributed by atoms with Gasteiger partial charge >= 0.3 is 0 Å². The first-order chi connectivity index (χ1) is 10.9. The maximum atomic E-state index is 11.7. The van der Waals surface area contributed by atoms with Gasteiger partial charge in [0, 0.05) is 18.2 Å². The Kier molecular flexibility index (Phi) is 5.54. The van der Waals surface area contributed by atoms with E-state index in [0.29, 0.717) is 23.3 Å². The van der Waals surface area contributed by atoms with Gasteiger partial charge in [-0.2, -0.15) is 0 Å². The van der Waals surface area contributed by atoms with Crippen molar-refractivity contribution in [1.29, 1.82) is 0 Å². The van der Waals surface area contributed by atoms with E-state index in [1.807, 2.05) is 0 Å². The molecule has 1 aromatic heterocycles. The molecule has 0 fully saturated rings. The fourth-order valence-electron chi connectivity index (χ4n) is 2.61. The topological polar surface area (TPSA) is 92.2 Å². The van der Waals surface area contributed by atoms with Crippen LogP contribution in [0.1, 0.15) is 26.7 Å². The predicted molar refractivity (Wildman–Crippen MR) is 91.2 cm³/mol. The van der Waals surface area contributed by atoms with Crippen LogP contribution in [0.25, 0.3) is 10.9 Å². The molecule has 1 heterocycles. The summed E-state index contributed by atoms with van der Waals surface area (Å²) in [5.41, 5.74) is 0.659. The second-order valence-electron chi connectivity index (χ2n) is 5.70. The van der Waals surface area contributed by atoms with E-state index in [9.17, 15) is 13.5 Å². The normalized spacial score (nSPS) is 13.4. The minimum atomic E-state index is -3.30. The van der Waals surface area contributed by atoms with Crippen LogP contribution in [0.5, 0.6) is 0 Å². The third kappa shape index (κ3) is 4.17. The molecule has 0 saturated carbocycles. The van der Waals surface area contributed by atoms with Gasteiger partial charge in [-0.25, -0.2) is 18.4 Å². The van der Waals surface area contributed by atoms with Crippen molar-refractivity contribution >= 4 is 26.6 Å². The zero-order chi connectivity index (χ0) is 17.0. The number of anilines is 1. The highest BCUT2D eigenvalue weighted by molar-refractivity contribution is 7.90. The summed E-state index contributed by atoms with van der Waals surface area (Å²) >= 11 is 0. The number of nitrogens with zero attached hydrogens (tertiary/aromatic N) is 2. The minimum Gasteiger partial charge on any atom is -0.391 e. The van der Waals surface area contributed by atoms with Gasteiger partial charge in [-0.15, -0.1) is 0 Å². The number of nitrogens with one attached hydrogen (secondary N) is 1. The van der Waals surface area contributed by atoms with Crippen LogP contribution in [0.3, 0.4) is 0 Å². The quantitative estimate of drug-likeness (QED) is 0.805. The number of sulfone groups is 1. The van der Waals surface area contributed by atoms with Crippen LogP contribution in [0, 0.1) is 5.92 Å². The molecule has 23 heavy (non-hydrogen) atoms. The van der Waals surface area contributed by atoms with Gasteiger partial charge in [-0.3, -0.25) is 0 Å². The molecule has 2 aromatic rings. The lowest BCUT2D eigenvalue weighted by atomic mass is 9.96. The maximum Gasteiger partial charge on any atom is 0.175 e. The van der Waals surface area contributed by atoms with Crippen molar-refractivity contribution in [3.8, 4) is 0 Å². The molecule has 0 aliphatic carbocycles. The summed E-state index contributed by atoms with van der Waals surface area (Å²) in [4.78, 5) is 8.56. The van der Waals surface area contributed by atoms with E-state index >= 15 is 0 Å². The third-order valence-corrected chi connectivity index (χ3v) is 5.22. The van der Waals surface area contributed by atoms with E-state index in [1.165, 1.54) is 18.6 Å². The van der Waals surface area contributed by atoms with E-state index < -0.39 is 15.9 Å². The average Bonchev–Trinajstić information content (AvgIpc) is 2.52. The van der Waals surface area contributed by atoms with Crippen LogP contribution in [0.15, 0.2) is 29.4 Å². The molecule has 0 spiro atoms. The molecule has 0 amide bonds. The lowest BCUT2D eigenvalue weighted by molar-refractivity contribution is 0.114. The van der Waals surface area contributed by atoms with Crippen LogP contribution >= 0.6 is 0 Å². The van der Waals surface area contributed by atoms with Crippen molar-refractivity contribution in [2.75, 3.05) is 18.1 Å². The highest BCUT2D eigenvalue weighted by atomic mass is 32.2. The number of aliphatic hydroxyl groups is 1. The molecule has 0 aliphatic rings. The second-order valence-corrected chi connectivity index (χ2v) is 7.71. The van der Waals surface area contributed by atoms with Gasteiger partial charge in [0.2, 0.25) is 0 Å². The Hall–Kier alpha value is -1.73. The molecule has 1 atom stereocenters. The van der Waals surface area contributed by atoms with Gasteiger partial charge in [0.25, 0.3) is 0 Å². The summed E-state index contributed by atoms with van der Waals surface area (Å²) in [5, 5.41) is 14.0. The first-order valence-corrected chi connectivity index (χ1v) is 9.62. The van der Waals surface area contributed by atoms with Crippen molar-refractivity contribution in [1.82, 2.24) is 9.97 Å². The summed E-state index contributed by atoms with van der Waals surface area (Å²) < 4.78 is 23.4. The Morgan fingerprint density at radius 2 is 1.91 bits per heavy atom. The first-order valence-electron chi connectivity index (χ1n) is 7.73. The van der Waals surface area contributed by atoms with Gasteiger partial charge in [-0.1, -0.05) is 26.7 Å². The lowest BCUT2D eigenvalue weighted by Crippen LogP contribution is -2.28. The SMILES string of the molecule is CCC(CC)[C@@H](O)CNc1ncnc2ccc(S(C)(=O)=O)cc12. The average molecular weight is 337 g/mol. The van der Waals surface area contributed by atoms with E-state index in [-0.39, 0.29) is 10.8 Å². The Morgan fingerprint density at radius 3 is 2.52 bits per heavy atom. The Bertz CT molecular complexity index is 773. The molecular formula is C16H23N3O3S. The number of aliphatic hydroxyl groups excluding tert-OH is 1. The van der Waals surface area contributed by atoms with Crippen LogP contribution in [-0.2, 0) is 9.84 Å². The Labute approximate surface area is 136 Å². The fourth-order valence-corrected chi connectivity index (χ4v) is 3.26. The van der Waals surface area contributed by atoms with E-state index in [0.717, 1.165) is 12.8 Å². The molecule has 2 rings (SSSR count). The van der Waals surface area contributed by atoms with Crippen molar-refractivity contribution in [2.24, 2.45) is 5.92 Å². The first kappa shape index (κ1) is 17.6. The number of benzene rings is 1. The van der Waals surface area contributed by atoms with Gasteiger partial charge in [-0.05, 0) is 24.1 Å². The van der Waals surface area contributed by atoms with E-state index in [2.05, 4.69) is 29.1 Å². The van der Waals surface area contributed by atoms with Crippen molar-refractivity contribution in [3.63, 3.8) is 0 Å². The molecule has 0 unspecified atom stereocenters. The highest BCUT2D eigenvalue weighted by Crippen LogP contribution is 2.23. The number of rotatable bonds is 7. The lowest BCUT2D eigenvalue weighted by Gasteiger charge is -2.21. The van der Waals surface area contributed by atoms with Crippen molar-refractivity contribution < 1.29 is 13.5 Å². The van der Waals surface area contributed by atoms with Gasteiger partial charge in [0.15, 0.2) is 9.84 Å². The molecule has 0 radical (unpaired) electrons. The molecule has 0 saturated heterocycles. The largest absolute Gasteiger partial charge is 0.391 e. The summed E-state index contributed by atoms with van der Waals surface area (Å²) in [6.07, 6.45) is 3.92. The summed E-state index contributed by atoms with van der Waals surface area (Å²) in [6, 6.07) is 4.76. The zero-order valence-electron chi connectivity index (χ0n) is 13.7. The smallest absolute Gasteiger partial charge is 0.175 e. The molecule has 0 bridgehead atoms. The minimum absolute atomic E-state index is 0.224. The number of fused-ring (bicyclic) bond motifs is 1. The summed E-state index contributed by atoms with van der Waals surface area (Å²) in [5.74, 6) is 0.757. The van der Waals surface area contributed by atoms with Gasteiger partial charge < -0.3 is 10.4 Å². The van der Waals surface area contributed by atoms with Crippen molar-refractivity contribution in [2.45, 2.75) is 37.7 Å². The molecular weight excluding hydrogens is 314 g/mol. The van der Waals surface area contributed by atoms with E-state index in [4.69, 9.17) is 0 Å².